The summed E-state index contributed by atoms with van der Waals surface area (Å²) in [5.41, 5.74) is 1.54. The van der Waals surface area contributed by atoms with Gasteiger partial charge in [0, 0.05) is 17.2 Å². The van der Waals surface area contributed by atoms with E-state index in [1.165, 1.54) is 17.4 Å². The maximum Gasteiger partial charge on any atom is 0.250 e. The lowest BCUT2D eigenvalue weighted by Crippen LogP contribution is -2.32. The Balaban J connectivity index is 1.65. The number of hydrogen-bond acceptors (Lipinski definition) is 6. The summed E-state index contributed by atoms with van der Waals surface area (Å²) in [6, 6.07) is 10.7. The predicted molar refractivity (Wildman–Crippen MR) is 118 cm³/mol. The van der Waals surface area contributed by atoms with E-state index in [0.717, 1.165) is 10.3 Å². The zero-order chi connectivity index (χ0) is 20.1. The number of fused-ring (bicyclic) bond motifs is 1. The number of thiocarbonyl (C=S) groups is 1. The molecule has 144 valence electrons. The standard InChI is InChI=1S/C19H16ClN3O3S2/c1-25-13-9-14(26-2)17-15(10-13)28-19(22-17)23-18(27)21-16(24)8-5-11-3-6-12(20)7-4-11/h3-10H,1-2H3,(H2,21,22,23,24,27). The van der Waals surface area contributed by atoms with Gasteiger partial charge in [-0.3, -0.25) is 10.1 Å². The molecular formula is C19H16ClN3O3S2. The molecule has 2 aromatic carbocycles. The quantitative estimate of drug-likeness (QED) is 0.456. The van der Waals surface area contributed by atoms with Crippen LogP contribution in [0.25, 0.3) is 16.3 Å². The average molecular weight is 434 g/mol. The molecule has 0 saturated heterocycles. The molecule has 2 N–H and O–H groups in total. The third kappa shape index (κ3) is 4.98. The van der Waals surface area contributed by atoms with Crippen LogP contribution in [-0.4, -0.2) is 30.2 Å². The third-order valence-corrected chi connectivity index (χ3v) is 5.02. The van der Waals surface area contributed by atoms with E-state index in [2.05, 4.69) is 15.6 Å². The highest BCUT2D eigenvalue weighted by molar-refractivity contribution is 7.80. The minimum Gasteiger partial charge on any atom is -0.497 e. The lowest BCUT2D eigenvalue weighted by molar-refractivity contribution is -0.115. The Bertz CT molecular complexity index is 1050. The Morgan fingerprint density at radius 1 is 1.21 bits per heavy atom. The Hall–Kier alpha value is -2.68. The number of aromatic nitrogens is 1. The number of rotatable bonds is 5. The van der Waals surface area contributed by atoms with Crippen molar-refractivity contribution in [2.24, 2.45) is 0 Å². The SMILES string of the molecule is COc1cc(OC)c2nc(NC(=S)NC(=O)C=Cc3ccc(Cl)cc3)sc2c1. The van der Waals surface area contributed by atoms with Crippen molar-refractivity contribution < 1.29 is 14.3 Å². The number of anilines is 1. The molecule has 0 radical (unpaired) electrons. The molecule has 0 unspecified atom stereocenters. The molecule has 3 aromatic rings. The zero-order valence-electron chi connectivity index (χ0n) is 15.0. The fraction of sp³-hybridized carbons (Fsp3) is 0.105. The molecule has 0 saturated carbocycles. The van der Waals surface area contributed by atoms with Crippen LogP contribution in [0.2, 0.25) is 5.02 Å². The fourth-order valence-electron chi connectivity index (χ4n) is 2.33. The molecular weight excluding hydrogens is 418 g/mol. The zero-order valence-corrected chi connectivity index (χ0v) is 17.4. The molecule has 0 fully saturated rings. The van der Waals surface area contributed by atoms with Gasteiger partial charge in [0.2, 0.25) is 5.91 Å². The van der Waals surface area contributed by atoms with E-state index in [4.69, 9.17) is 33.3 Å². The number of amides is 1. The van der Waals surface area contributed by atoms with Crippen molar-refractivity contribution in [1.29, 1.82) is 0 Å². The van der Waals surface area contributed by atoms with E-state index in [1.807, 2.05) is 18.2 Å². The minimum absolute atomic E-state index is 0.149. The molecule has 0 aliphatic carbocycles. The van der Waals surface area contributed by atoms with Gasteiger partial charge >= 0.3 is 0 Å². The van der Waals surface area contributed by atoms with Crippen molar-refractivity contribution in [3.8, 4) is 11.5 Å². The van der Waals surface area contributed by atoms with Crippen molar-refractivity contribution in [3.05, 3.63) is 53.1 Å². The second kappa shape index (κ2) is 9.01. The highest BCUT2D eigenvalue weighted by Crippen LogP contribution is 2.36. The van der Waals surface area contributed by atoms with Crippen molar-refractivity contribution in [3.63, 3.8) is 0 Å². The van der Waals surface area contributed by atoms with Crippen LogP contribution >= 0.6 is 35.2 Å². The lowest BCUT2D eigenvalue weighted by atomic mass is 10.2. The Labute approximate surface area is 176 Å². The second-order valence-corrected chi connectivity index (χ2v) is 7.40. The summed E-state index contributed by atoms with van der Waals surface area (Å²) in [5, 5.41) is 6.82. The monoisotopic (exact) mass is 433 g/mol. The van der Waals surface area contributed by atoms with Gasteiger partial charge in [0.1, 0.15) is 17.0 Å². The van der Waals surface area contributed by atoms with Gasteiger partial charge in [-0.05, 0) is 42.1 Å². The number of carbonyl (C=O) groups is 1. The number of nitrogens with one attached hydrogen (secondary N) is 2. The predicted octanol–water partition coefficient (Wildman–Crippen LogP) is 4.49. The largest absolute Gasteiger partial charge is 0.497 e. The van der Waals surface area contributed by atoms with Crippen LogP contribution in [0.5, 0.6) is 11.5 Å². The average Bonchev–Trinajstić information content (AvgIpc) is 3.08. The Kier molecular flexibility index (Phi) is 6.45. The van der Waals surface area contributed by atoms with Gasteiger partial charge in [0.05, 0.1) is 18.9 Å². The van der Waals surface area contributed by atoms with Crippen LogP contribution in [0.15, 0.2) is 42.5 Å². The van der Waals surface area contributed by atoms with E-state index in [1.54, 1.807) is 38.5 Å². The lowest BCUT2D eigenvalue weighted by Gasteiger charge is -2.04. The van der Waals surface area contributed by atoms with Crippen molar-refractivity contribution >= 4 is 67.6 Å². The summed E-state index contributed by atoms with van der Waals surface area (Å²) in [7, 11) is 3.15. The molecule has 0 aliphatic rings. The number of carbonyl (C=O) groups excluding carboxylic acids is 1. The van der Waals surface area contributed by atoms with Gasteiger partial charge in [-0.2, -0.15) is 0 Å². The highest BCUT2D eigenvalue weighted by atomic mass is 35.5. The first-order valence-electron chi connectivity index (χ1n) is 8.06. The number of benzene rings is 2. The van der Waals surface area contributed by atoms with Gasteiger partial charge in [-0.25, -0.2) is 4.98 Å². The Morgan fingerprint density at radius 2 is 1.96 bits per heavy atom. The van der Waals surface area contributed by atoms with Crippen LogP contribution in [0.3, 0.4) is 0 Å². The van der Waals surface area contributed by atoms with E-state index < -0.39 is 0 Å². The summed E-state index contributed by atoms with van der Waals surface area (Å²) in [6.45, 7) is 0. The number of hydrogen-bond donors (Lipinski definition) is 2. The molecule has 0 spiro atoms. The normalized spacial score (nSPS) is 10.8. The smallest absolute Gasteiger partial charge is 0.250 e. The molecule has 1 aromatic heterocycles. The summed E-state index contributed by atoms with van der Waals surface area (Å²) >= 11 is 12.4. The first kappa shape index (κ1) is 20.1. The summed E-state index contributed by atoms with van der Waals surface area (Å²) < 4.78 is 11.5. The van der Waals surface area contributed by atoms with Crippen molar-refractivity contribution in [1.82, 2.24) is 10.3 Å². The molecule has 0 bridgehead atoms. The van der Waals surface area contributed by atoms with Crippen molar-refractivity contribution in [2.45, 2.75) is 0 Å². The van der Waals surface area contributed by atoms with E-state index in [0.29, 0.717) is 27.2 Å². The van der Waals surface area contributed by atoms with Crippen molar-refractivity contribution in [2.75, 3.05) is 19.5 Å². The molecule has 28 heavy (non-hydrogen) atoms. The van der Waals surface area contributed by atoms with Crippen LogP contribution in [-0.2, 0) is 4.79 Å². The second-order valence-electron chi connectivity index (χ2n) is 5.52. The first-order chi connectivity index (χ1) is 13.5. The first-order valence-corrected chi connectivity index (χ1v) is 9.67. The maximum atomic E-state index is 12.0. The van der Waals surface area contributed by atoms with Crippen LogP contribution in [0.4, 0.5) is 5.13 Å². The molecule has 1 heterocycles. The summed E-state index contributed by atoms with van der Waals surface area (Å²) in [5.74, 6) is 0.912. The highest BCUT2D eigenvalue weighted by Gasteiger charge is 2.12. The summed E-state index contributed by atoms with van der Waals surface area (Å²) in [4.78, 5) is 16.5. The number of thiazole rings is 1. The van der Waals surface area contributed by atoms with Crippen LogP contribution in [0.1, 0.15) is 5.56 Å². The molecule has 9 heteroatoms. The Morgan fingerprint density at radius 3 is 2.64 bits per heavy atom. The van der Waals surface area contributed by atoms with Gasteiger partial charge in [0.25, 0.3) is 0 Å². The number of nitrogens with zero attached hydrogens (tertiary/aromatic N) is 1. The summed E-state index contributed by atoms with van der Waals surface area (Å²) in [6.07, 6.45) is 3.06. The van der Waals surface area contributed by atoms with E-state index in [9.17, 15) is 4.79 Å². The number of ether oxygens (including phenoxy) is 2. The van der Waals surface area contributed by atoms with Gasteiger partial charge in [0.15, 0.2) is 10.2 Å². The number of methoxy groups -OCH3 is 2. The van der Waals surface area contributed by atoms with E-state index in [-0.39, 0.29) is 11.0 Å². The van der Waals surface area contributed by atoms with Gasteiger partial charge in [-0.15, -0.1) is 0 Å². The number of halogens is 1. The molecule has 1 amide bonds. The van der Waals surface area contributed by atoms with Crippen LogP contribution < -0.4 is 20.1 Å². The van der Waals surface area contributed by atoms with Crippen LogP contribution in [0, 0.1) is 0 Å². The molecule has 0 aliphatic heterocycles. The maximum absolute atomic E-state index is 12.0. The van der Waals surface area contributed by atoms with E-state index >= 15 is 0 Å². The van der Waals surface area contributed by atoms with Gasteiger partial charge in [-0.1, -0.05) is 35.1 Å². The fourth-order valence-corrected chi connectivity index (χ4v) is 3.63. The molecule has 3 rings (SSSR count). The third-order valence-electron chi connectivity index (χ3n) is 3.64. The topological polar surface area (TPSA) is 72.5 Å². The molecule has 0 atom stereocenters. The van der Waals surface area contributed by atoms with Gasteiger partial charge < -0.3 is 14.8 Å². The minimum atomic E-state index is -0.354. The molecule has 6 nitrogen and oxygen atoms in total.